The molecule has 0 N–H and O–H groups in total. The Hall–Kier alpha value is -2.47. The molecule has 0 aromatic heterocycles. The van der Waals surface area contributed by atoms with Gasteiger partial charge in [-0.3, -0.25) is 0 Å². The van der Waals surface area contributed by atoms with Crippen molar-refractivity contribution in [3.63, 3.8) is 0 Å². The molecule has 1 heteroatoms. The van der Waals surface area contributed by atoms with Gasteiger partial charge in [-0.2, -0.15) is 0 Å². The summed E-state index contributed by atoms with van der Waals surface area (Å²) in [6.07, 6.45) is 36.8. The third kappa shape index (κ3) is 11.7. The Bertz CT molecular complexity index is 1300. The van der Waals surface area contributed by atoms with E-state index in [1.165, 1.54) is 69.1 Å². The molecule has 0 saturated carbocycles. The molecule has 0 aromatic carbocycles. The van der Waals surface area contributed by atoms with Gasteiger partial charge in [0.15, 0.2) is 0 Å². The van der Waals surface area contributed by atoms with Crippen LogP contribution < -0.4 is 0 Å². The van der Waals surface area contributed by atoms with Crippen LogP contribution in [0.25, 0.3) is 0 Å². The minimum absolute atomic E-state index is 0.231. The Morgan fingerprint density at radius 1 is 0.585 bits per heavy atom. The van der Waals surface area contributed by atoms with Crippen LogP contribution in [0.15, 0.2) is 130 Å². The molecule has 2 aliphatic carbocycles. The summed E-state index contributed by atoms with van der Waals surface area (Å²) in [6, 6.07) is 0. The Labute approximate surface area is 260 Å². The minimum Gasteiger partial charge on any atom is -0.0558 e. The fourth-order valence-corrected chi connectivity index (χ4v) is 5.98. The zero-order valence-electron chi connectivity index (χ0n) is 27.5. The fraction of sp³-hybridized carbons (Fsp3) is 0.425. The van der Waals surface area contributed by atoms with Crippen LogP contribution in [0.3, 0.4) is 0 Å². The summed E-state index contributed by atoms with van der Waals surface area (Å²) < 4.78 is 1.40. The summed E-state index contributed by atoms with van der Waals surface area (Å²) in [5.74, 6) is 0. The number of hydrogen-bond donors (Lipinski definition) is 0. The van der Waals surface area contributed by atoms with E-state index >= 15 is 0 Å². The fourth-order valence-electron chi connectivity index (χ4n) is 5.54. The maximum Gasteiger partial charge on any atom is -0.0104 e. The average molecular weight is 614 g/mol. The first-order valence-electron chi connectivity index (χ1n) is 15.3. The quantitative estimate of drug-likeness (QED) is 0.170. The summed E-state index contributed by atoms with van der Waals surface area (Å²) in [4.78, 5) is 0. The van der Waals surface area contributed by atoms with Gasteiger partial charge in [0.05, 0.1) is 0 Å². The molecule has 41 heavy (non-hydrogen) atoms. The van der Waals surface area contributed by atoms with Crippen molar-refractivity contribution in [2.24, 2.45) is 10.8 Å². The summed E-state index contributed by atoms with van der Waals surface area (Å²) in [5.41, 5.74) is 11.4. The van der Waals surface area contributed by atoms with Gasteiger partial charge < -0.3 is 0 Å². The van der Waals surface area contributed by atoms with Crippen LogP contribution in [0.2, 0.25) is 0 Å². The maximum absolute atomic E-state index is 3.26. The van der Waals surface area contributed by atoms with Crippen molar-refractivity contribution in [1.82, 2.24) is 0 Å². The standard InChI is InChI=1S/C40H54Se/c1-30(18-13-20-32(3)23-25-36-34(5)22-15-28-39(36,7)8)16-11-12-17-31(2)19-14-21-33(4)24-26-37-35(6)38(41)27-29-40(37,9)10/h11-14,16-21,23-26H,15,22,27-29H2,1-10H3/b12-11+,18-13+,19-14+,25-23+,26-24+,30-16+,31-17+,32-20+,33-21+. The molecule has 0 aliphatic heterocycles. The molecule has 0 amide bonds. The van der Waals surface area contributed by atoms with E-state index in [2.05, 4.69) is 170 Å². The van der Waals surface area contributed by atoms with Gasteiger partial charge in [-0.15, -0.1) is 0 Å². The summed E-state index contributed by atoms with van der Waals surface area (Å²) in [7, 11) is 0. The van der Waals surface area contributed by atoms with Crippen molar-refractivity contribution < 1.29 is 0 Å². The summed E-state index contributed by atoms with van der Waals surface area (Å²) in [6.45, 7) is 22.6. The van der Waals surface area contributed by atoms with Crippen LogP contribution in [0, 0.1) is 10.8 Å². The van der Waals surface area contributed by atoms with Crippen molar-refractivity contribution in [3.8, 4) is 0 Å². The van der Waals surface area contributed by atoms with E-state index in [4.69, 9.17) is 0 Å². The van der Waals surface area contributed by atoms with Gasteiger partial charge in [0.25, 0.3) is 0 Å². The zero-order valence-corrected chi connectivity index (χ0v) is 29.2. The number of rotatable bonds is 10. The molecule has 0 bridgehead atoms. The molecule has 0 nitrogen and oxygen atoms in total. The molecule has 0 atom stereocenters. The predicted molar refractivity (Wildman–Crippen MR) is 188 cm³/mol. The Balaban J connectivity index is 1.91. The summed E-state index contributed by atoms with van der Waals surface area (Å²) in [5, 5.41) is 0. The molecule has 0 heterocycles. The van der Waals surface area contributed by atoms with E-state index in [0.717, 1.165) is 6.42 Å². The second-order valence-electron chi connectivity index (χ2n) is 13.2. The average Bonchev–Trinajstić information content (AvgIpc) is 2.88. The molecule has 2 aliphatic rings. The van der Waals surface area contributed by atoms with Gasteiger partial charge in [0, 0.05) is 0 Å². The van der Waals surface area contributed by atoms with Gasteiger partial charge in [0.1, 0.15) is 0 Å². The molecular formula is C40H54Se. The van der Waals surface area contributed by atoms with Gasteiger partial charge >= 0.3 is 138 Å². The van der Waals surface area contributed by atoms with Crippen LogP contribution in [-0.4, -0.2) is 20.0 Å². The minimum atomic E-state index is 0.231. The van der Waals surface area contributed by atoms with Crippen LogP contribution in [0.5, 0.6) is 0 Å². The second-order valence-corrected chi connectivity index (χ2v) is 14.2. The third-order valence-electron chi connectivity index (χ3n) is 8.36. The molecule has 0 radical (unpaired) electrons. The summed E-state index contributed by atoms with van der Waals surface area (Å²) >= 11 is 3.26. The molecule has 0 unspecified atom stereocenters. The third-order valence-corrected chi connectivity index (χ3v) is 9.43. The Morgan fingerprint density at radius 3 is 1.54 bits per heavy atom. The molecular weight excluding hydrogens is 559 g/mol. The predicted octanol–water partition coefficient (Wildman–Crippen LogP) is 11.6. The van der Waals surface area contributed by atoms with E-state index in [1.54, 1.807) is 5.57 Å². The Morgan fingerprint density at radius 2 is 1.02 bits per heavy atom. The topological polar surface area (TPSA) is 0 Å². The van der Waals surface area contributed by atoms with Gasteiger partial charge in [-0.25, -0.2) is 0 Å². The van der Waals surface area contributed by atoms with E-state index in [-0.39, 0.29) is 10.8 Å². The van der Waals surface area contributed by atoms with Crippen LogP contribution in [0.4, 0.5) is 0 Å². The Kier molecular flexibility index (Phi) is 13.8. The van der Waals surface area contributed by atoms with Gasteiger partial charge in [-0.05, 0) is 51.0 Å². The first-order valence-corrected chi connectivity index (χ1v) is 16.1. The van der Waals surface area contributed by atoms with Crippen molar-refractivity contribution in [2.45, 2.75) is 101 Å². The van der Waals surface area contributed by atoms with Crippen LogP contribution in [0.1, 0.15) is 101 Å². The molecule has 220 valence electrons. The molecule has 0 saturated heterocycles. The van der Waals surface area contributed by atoms with E-state index < -0.39 is 0 Å². The SMILES string of the molecule is CC1=C(/C=C/C(C)=C/C=C/C(C)=C/C=C/C=C(C)/C=C/C=C(C)/C=C/C2=C(C)C(=[Se])CCC2(C)C)C(C)(C)CCC1. The normalized spacial score (nSPS) is 21.8. The first kappa shape index (κ1) is 34.7. The van der Waals surface area contributed by atoms with E-state index in [1.807, 2.05) is 0 Å². The molecule has 2 rings (SSSR count). The van der Waals surface area contributed by atoms with Gasteiger partial charge in [0.2, 0.25) is 0 Å². The van der Waals surface area contributed by atoms with E-state index in [9.17, 15) is 0 Å². The van der Waals surface area contributed by atoms with Crippen molar-refractivity contribution in [1.29, 1.82) is 0 Å². The molecule has 0 spiro atoms. The van der Waals surface area contributed by atoms with Crippen molar-refractivity contribution >= 4 is 20.0 Å². The first-order chi connectivity index (χ1) is 19.2. The molecule has 0 fully saturated rings. The van der Waals surface area contributed by atoms with Crippen LogP contribution in [-0.2, 0) is 0 Å². The largest absolute Gasteiger partial charge is 0.0558 e. The monoisotopic (exact) mass is 614 g/mol. The van der Waals surface area contributed by atoms with Crippen LogP contribution >= 0.6 is 0 Å². The zero-order chi connectivity index (χ0) is 30.6. The van der Waals surface area contributed by atoms with Gasteiger partial charge in [-0.1, -0.05) is 73.1 Å². The number of hydrogen-bond acceptors (Lipinski definition) is 0. The van der Waals surface area contributed by atoms with Crippen molar-refractivity contribution in [2.75, 3.05) is 0 Å². The van der Waals surface area contributed by atoms with E-state index in [0.29, 0.717) is 0 Å². The maximum atomic E-state index is 3.26. The second kappa shape index (κ2) is 16.2. The number of allylic oxidation sites excluding steroid dienone is 22. The van der Waals surface area contributed by atoms with Crippen molar-refractivity contribution in [3.05, 3.63) is 130 Å². The molecule has 0 aromatic rings. The smallest absolute Gasteiger partial charge is 0.0104 e.